The highest BCUT2D eigenvalue weighted by Gasteiger charge is 2.29. The molecular weight excluding hydrogens is 330 g/mol. The summed E-state index contributed by atoms with van der Waals surface area (Å²) in [5, 5.41) is 10.5. The molecule has 0 aliphatic carbocycles. The van der Waals surface area contributed by atoms with Gasteiger partial charge in [-0.2, -0.15) is 0 Å². The molecule has 0 saturated carbocycles. The maximum atomic E-state index is 12.7. The maximum absolute atomic E-state index is 12.7. The van der Waals surface area contributed by atoms with E-state index in [1.807, 2.05) is 12.1 Å². The van der Waals surface area contributed by atoms with Crippen LogP contribution in [0, 0.1) is 0 Å². The molecule has 1 fully saturated rings. The van der Waals surface area contributed by atoms with Gasteiger partial charge in [-0.25, -0.2) is 0 Å². The number of amides is 1. The number of nitrogens with zero attached hydrogens (tertiary/aromatic N) is 3. The Labute approximate surface area is 154 Å². The summed E-state index contributed by atoms with van der Waals surface area (Å²) in [6.07, 6.45) is 4.15. The third-order valence-corrected chi connectivity index (χ3v) is 5.03. The number of piperidine rings is 1. The third-order valence-electron chi connectivity index (χ3n) is 5.03. The van der Waals surface area contributed by atoms with Crippen LogP contribution < -0.4 is 9.64 Å². The van der Waals surface area contributed by atoms with Crippen molar-refractivity contribution in [2.24, 2.45) is 0 Å². The van der Waals surface area contributed by atoms with Gasteiger partial charge < -0.3 is 19.6 Å². The van der Waals surface area contributed by atoms with Crippen molar-refractivity contribution < 1.29 is 14.6 Å². The molecular formula is C20H25N3O3. The highest BCUT2D eigenvalue weighted by atomic mass is 16.5. The van der Waals surface area contributed by atoms with Crippen molar-refractivity contribution in [1.82, 2.24) is 9.88 Å². The molecule has 1 saturated heterocycles. The Morgan fingerprint density at radius 3 is 2.62 bits per heavy atom. The first kappa shape index (κ1) is 18.2. The standard InChI is InChI=1S/C20H25N3O3/c1-22(20(25)19(24)15-4-3-5-18(14-15)26-2)16-8-12-23(13-9-16)17-6-10-21-11-7-17/h3-7,10-11,14,16,19,24H,8-9,12-13H2,1-2H3. The molecule has 1 aromatic heterocycles. The first-order valence-corrected chi connectivity index (χ1v) is 8.84. The second-order valence-electron chi connectivity index (χ2n) is 6.55. The summed E-state index contributed by atoms with van der Waals surface area (Å²) in [7, 11) is 3.34. The van der Waals surface area contributed by atoms with Gasteiger partial charge >= 0.3 is 0 Å². The summed E-state index contributed by atoms with van der Waals surface area (Å²) in [6.45, 7) is 1.75. The lowest BCUT2D eigenvalue weighted by Crippen LogP contribution is -2.47. The molecule has 1 N–H and O–H groups in total. The molecule has 0 radical (unpaired) electrons. The molecule has 1 aromatic carbocycles. The average Bonchev–Trinajstić information content (AvgIpc) is 2.73. The van der Waals surface area contributed by atoms with Crippen LogP contribution in [0.3, 0.4) is 0 Å². The quantitative estimate of drug-likeness (QED) is 0.891. The number of likely N-dealkylation sites (N-methyl/N-ethyl adjacent to an activating group) is 1. The summed E-state index contributed by atoms with van der Waals surface area (Å²) >= 11 is 0. The number of aliphatic hydroxyl groups excluding tert-OH is 1. The molecule has 138 valence electrons. The van der Waals surface area contributed by atoms with Crippen molar-refractivity contribution in [3.8, 4) is 5.75 Å². The smallest absolute Gasteiger partial charge is 0.256 e. The van der Waals surface area contributed by atoms with E-state index in [-0.39, 0.29) is 11.9 Å². The van der Waals surface area contributed by atoms with E-state index in [0.717, 1.165) is 31.6 Å². The van der Waals surface area contributed by atoms with E-state index in [2.05, 4.69) is 9.88 Å². The van der Waals surface area contributed by atoms with Crippen LogP contribution in [0.1, 0.15) is 24.5 Å². The monoisotopic (exact) mass is 355 g/mol. The number of hydrogen-bond donors (Lipinski definition) is 1. The molecule has 2 heterocycles. The molecule has 1 amide bonds. The first-order valence-electron chi connectivity index (χ1n) is 8.84. The van der Waals surface area contributed by atoms with Crippen LogP contribution in [-0.4, -0.2) is 54.2 Å². The van der Waals surface area contributed by atoms with Crippen molar-refractivity contribution in [2.45, 2.75) is 25.0 Å². The Hall–Kier alpha value is -2.60. The predicted molar refractivity (Wildman–Crippen MR) is 100 cm³/mol. The molecule has 1 aliphatic heterocycles. The van der Waals surface area contributed by atoms with Crippen LogP contribution in [0.5, 0.6) is 5.75 Å². The number of pyridine rings is 1. The van der Waals surface area contributed by atoms with E-state index in [4.69, 9.17) is 4.74 Å². The number of ether oxygens (including phenoxy) is 1. The minimum absolute atomic E-state index is 0.126. The SMILES string of the molecule is COc1cccc(C(O)C(=O)N(C)C2CCN(c3ccncc3)CC2)c1. The molecule has 3 rings (SSSR count). The predicted octanol–water partition coefficient (Wildman–Crippen LogP) is 2.25. The Morgan fingerprint density at radius 1 is 1.27 bits per heavy atom. The van der Waals surface area contributed by atoms with Crippen molar-refractivity contribution >= 4 is 11.6 Å². The van der Waals surface area contributed by atoms with Crippen LogP contribution in [0.25, 0.3) is 0 Å². The summed E-state index contributed by atoms with van der Waals surface area (Å²) in [6, 6.07) is 11.1. The normalized spacial score (nSPS) is 16.2. The summed E-state index contributed by atoms with van der Waals surface area (Å²) in [5.74, 6) is 0.350. The van der Waals surface area contributed by atoms with Gasteiger partial charge in [0, 0.05) is 44.3 Å². The van der Waals surface area contributed by atoms with Gasteiger partial charge in [0.1, 0.15) is 5.75 Å². The Kier molecular flexibility index (Phi) is 5.73. The molecule has 0 spiro atoms. The van der Waals surface area contributed by atoms with Gasteiger partial charge in [0.15, 0.2) is 6.10 Å². The molecule has 1 unspecified atom stereocenters. The van der Waals surface area contributed by atoms with Gasteiger partial charge in [-0.15, -0.1) is 0 Å². The van der Waals surface area contributed by atoms with Gasteiger partial charge in [-0.05, 0) is 42.7 Å². The molecule has 1 atom stereocenters. The average molecular weight is 355 g/mol. The lowest BCUT2D eigenvalue weighted by Gasteiger charge is -2.38. The Morgan fingerprint density at radius 2 is 1.96 bits per heavy atom. The molecule has 2 aromatic rings. The number of rotatable bonds is 5. The number of benzene rings is 1. The number of aromatic nitrogens is 1. The second kappa shape index (κ2) is 8.19. The van der Waals surface area contributed by atoms with Crippen molar-refractivity contribution in [2.75, 3.05) is 32.1 Å². The second-order valence-corrected chi connectivity index (χ2v) is 6.55. The van der Waals surface area contributed by atoms with Crippen molar-refractivity contribution in [1.29, 1.82) is 0 Å². The van der Waals surface area contributed by atoms with Gasteiger partial charge in [-0.1, -0.05) is 12.1 Å². The zero-order valence-corrected chi connectivity index (χ0v) is 15.2. The maximum Gasteiger partial charge on any atom is 0.256 e. The van der Waals surface area contributed by atoms with Crippen LogP contribution in [0.4, 0.5) is 5.69 Å². The van der Waals surface area contributed by atoms with E-state index in [0.29, 0.717) is 11.3 Å². The van der Waals surface area contributed by atoms with E-state index in [1.165, 1.54) is 0 Å². The fourth-order valence-electron chi connectivity index (χ4n) is 3.39. The van der Waals surface area contributed by atoms with Crippen LogP contribution >= 0.6 is 0 Å². The van der Waals surface area contributed by atoms with E-state index >= 15 is 0 Å². The van der Waals surface area contributed by atoms with Gasteiger partial charge in [0.2, 0.25) is 0 Å². The molecule has 26 heavy (non-hydrogen) atoms. The number of anilines is 1. The fraction of sp³-hybridized carbons (Fsp3) is 0.400. The number of carbonyl (C=O) groups excluding carboxylic acids is 1. The van der Waals surface area contributed by atoms with E-state index in [1.54, 1.807) is 55.7 Å². The van der Waals surface area contributed by atoms with Crippen molar-refractivity contribution in [3.05, 3.63) is 54.4 Å². The number of hydrogen-bond acceptors (Lipinski definition) is 5. The largest absolute Gasteiger partial charge is 0.497 e. The minimum Gasteiger partial charge on any atom is -0.497 e. The number of methoxy groups -OCH3 is 1. The number of carbonyl (C=O) groups is 1. The van der Waals surface area contributed by atoms with Gasteiger partial charge in [0.05, 0.1) is 7.11 Å². The van der Waals surface area contributed by atoms with Crippen LogP contribution in [-0.2, 0) is 4.79 Å². The zero-order valence-electron chi connectivity index (χ0n) is 15.2. The lowest BCUT2D eigenvalue weighted by molar-refractivity contribution is -0.141. The number of aliphatic hydroxyl groups is 1. The minimum atomic E-state index is -1.17. The van der Waals surface area contributed by atoms with Crippen LogP contribution in [0.2, 0.25) is 0 Å². The van der Waals surface area contributed by atoms with Crippen LogP contribution in [0.15, 0.2) is 48.8 Å². The van der Waals surface area contributed by atoms with Crippen molar-refractivity contribution in [3.63, 3.8) is 0 Å². The van der Waals surface area contributed by atoms with E-state index < -0.39 is 6.10 Å². The summed E-state index contributed by atoms with van der Waals surface area (Å²) < 4.78 is 5.17. The molecule has 6 heteroatoms. The Balaban J connectivity index is 1.60. The van der Waals surface area contributed by atoms with Gasteiger partial charge in [-0.3, -0.25) is 9.78 Å². The lowest BCUT2D eigenvalue weighted by atomic mass is 10.0. The Bertz CT molecular complexity index is 730. The first-order chi connectivity index (χ1) is 12.6. The molecule has 6 nitrogen and oxygen atoms in total. The fourth-order valence-corrected chi connectivity index (χ4v) is 3.39. The summed E-state index contributed by atoms with van der Waals surface area (Å²) in [4.78, 5) is 20.7. The molecule has 1 aliphatic rings. The van der Waals surface area contributed by atoms with E-state index in [9.17, 15) is 9.90 Å². The highest BCUT2D eigenvalue weighted by molar-refractivity contribution is 5.82. The topological polar surface area (TPSA) is 65.9 Å². The molecule has 0 bridgehead atoms. The highest BCUT2D eigenvalue weighted by Crippen LogP contribution is 2.25. The van der Waals surface area contributed by atoms with Gasteiger partial charge in [0.25, 0.3) is 5.91 Å². The zero-order chi connectivity index (χ0) is 18.5. The summed E-state index contributed by atoms with van der Waals surface area (Å²) in [5.41, 5.74) is 1.71. The third kappa shape index (κ3) is 3.96.